The van der Waals surface area contributed by atoms with E-state index >= 15 is 0 Å². The van der Waals surface area contributed by atoms with Gasteiger partial charge in [-0.1, -0.05) is 75.6 Å². The van der Waals surface area contributed by atoms with Crippen molar-refractivity contribution in [1.29, 1.82) is 0 Å². The molecule has 148 valence electrons. The molecular weight excluding hydrogens is 328 g/mol. The van der Waals surface area contributed by atoms with Gasteiger partial charge in [-0.3, -0.25) is 0 Å². The maximum atomic E-state index is 6.52. The normalized spacial score (nSPS) is 19.1. The predicted octanol–water partition coefficient (Wildman–Crippen LogP) is 5.74. The number of hydrogen-bond donors (Lipinski definition) is 1. The van der Waals surface area contributed by atoms with Gasteiger partial charge in [-0.25, -0.2) is 0 Å². The van der Waals surface area contributed by atoms with Gasteiger partial charge in [0.2, 0.25) is 0 Å². The first kappa shape index (κ1) is 20.4. The van der Waals surface area contributed by atoms with Gasteiger partial charge in [-0.2, -0.15) is 0 Å². The van der Waals surface area contributed by atoms with Crippen molar-refractivity contribution < 1.29 is 0 Å². The highest BCUT2D eigenvalue weighted by Crippen LogP contribution is 2.41. The number of unbranched alkanes of at least 4 members (excludes halogenated alkanes) is 1. The van der Waals surface area contributed by atoms with Crippen LogP contribution in [0.4, 0.5) is 0 Å². The molecule has 0 aliphatic carbocycles. The molecule has 0 radical (unpaired) electrons. The third-order valence-corrected chi connectivity index (χ3v) is 7.04. The molecule has 2 heteroatoms. The van der Waals surface area contributed by atoms with Crippen molar-refractivity contribution in [3.05, 3.63) is 48.0 Å². The Morgan fingerprint density at radius 3 is 2.48 bits per heavy atom. The predicted molar refractivity (Wildman–Crippen MR) is 118 cm³/mol. The summed E-state index contributed by atoms with van der Waals surface area (Å²) in [5, 5.41) is 2.73. The Labute approximate surface area is 166 Å². The first-order valence-corrected chi connectivity index (χ1v) is 11.1. The number of likely N-dealkylation sites (tertiary alicyclic amines) is 1. The van der Waals surface area contributed by atoms with Crippen LogP contribution in [0, 0.1) is 5.92 Å². The van der Waals surface area contributed by atoms with Crippen molar-refractivity contribution in [2.75, 3.05) is 26.2 Å². The van der Waals surface area contributed by atoms with Crippen LogP contribution in [0.25, 0.3) is 10.8 Å². The zero-order chi connectivity index (χ0) is 19.1. The lowest BCUT2D eigenvalue weighted by Gasteiger charge is -2.40. The molecule has 0 spiro atoms. The van der Waals surface area contributed by atoms with Crippen molar-refractivity contribution in [1.82, 2.24) is 4.90 Å². The SMILES string of the molecule is CCC(C)C(CN)(CCCCN1CCCCC1)c1cccc2ccccc12. The van der Waals surface area contributed by atoms with Gasteiger partial charge in [-0.05, 0) is 67.6 Å². The van der Waals surface area contributed by atoms with Gasteiger partial charge in [0.15, 0.2) is 0 Å². The number of nitrogens with zero attached hydrogens (tertiary/aromatic N) is 1. The zero-order valence-corrected chi connectivity index (χ0v) is 17.4. The highest BCUT2D eigenvalue weighted by Gasteiger charge is 2.36. The van der Waals surface area contributed by atoms with Gasteiger partial charge in [0, 0.05) is 12.0 Å². The van der Waals surface area contributed by atoms with Gasteiger partial charge in [-0.15, -0.1) is 0 Å². The summed E-state index contributed by atoms with van der Waals surface area (Å²) in [5.41, 5.74) is 8.07. The molecule has 1 heterocycles. The number of fused-ring (bicyclic) bond motifs is 1. The smallest absolute Gasteiger partial charge is 0.0107 e. The molecule has 2 N–H and O–H groups in total. The molecule has 3 rings (SSSR count). The molecule has 1 aliphatic rings. The van der Waals surface area contributed by atoms with E-state index in [1.54, 1.807) is 0 Å². The number of rotatable bonds is 9. The van der Waals surface area contributed by atoms with Gasteiger partial charge in [0.25, 0.3) is 0 Å². The summed E-state index contributed by atoms with van der Waals surface area (Å²) in [4.78, 5) is 2.66. The second-order valence-electron chi connectivity index (χ2n) is 8.56. The first-order chi connectivity index (χ1) is 13.2. The Hall–Kier alpha value is -1.38. The molecule has 2 atom stereocenters. The standard InChI is InChI=1S/C25H38N2/c1-3-21(2)25(20-26,16-7-10-19-27-17-8-4-9-18-27)24-15-11-13-22-12-5-6-14-23(22)24/h5-6,11-15,21H,3-4,7-10,16-20,26H2,1-2H3. The van der Waals surface area contributed by atoms with Crippen LogP contribution in [-0.2, 0) is 5.41 Å². The molecule has 2 nitrogen and oxygen atoms in total. The molecule has 0 aromatic heterocycles. The Balaban J connectivity index is 1.79. The zero-order valence-electron chi connectivity index (χ0n) is 17.4. The van der Waals surface area contributed by atoms with Crippen LogP contribution in [0.3, 0.4) is 0 Å². The van der Waals surface area contributed by atoms with Crippen molar-refractivity contribution >= 4 is 10.8 Å². The number of nitrogens with two attached hydrogens (primary N) is 1. The second-order valence-corrected chi connectivity index (χ2v) is 8.56. The monoisotopic (exact) mass is 366 g/mol. The van der Waals surface area contributed by atoms with Crippen molar-refractivity contribution in [2.45, 2.75) is 64.2 Å². The summed E-state index contributed by atoms with van der Waals surface area (Å²) < 4.78 is 0. The maximum Gasteiger partial charge on any atom is 0.0107 e. The number of piperidine rings is 1. The quantitative estimate of drug-likeness (QED) is 0.573. The summed E-state index contributed by atoms with van der Waals surface area (Å²) in [7, 11) is 0. The lowest BCUT2D eigenvalue weighted by Crippen LogP contribution is -2.41. The molecule has 1 fully saturated rings. The van der Waals surface area contributed by atoms with E-state index in [4.69, 9.17) is 5.73 Å². The van der Waals surface area contributed by atoms with Gasteiger partial charge >= 0.3 is 0 Å². The topological polar surface area (TPSA) is 29.3 Å². The lowest BCUT2D eigenvalue weighted by molar-refractivity contribution is 0.213. The summed E-state index contributed by atoms with van der Waals surface area (Å²) in [6, 6.07) is 15.6. The fourth-order valence-corrected chi connectivity index (χ4v) is 5.07. The molecule has 0 saturated carbocycles. The molecule has 1 aliphatic heterocycles. The van der Waals surface area contributed by atoms with E-state index in [1.807, 2.05) is 0 Å². The highest BCUT2D eigenvalue weighted by atomic mass is 15.1. The minimum Gasteiger partial charge on any atom is -0.330 e. The van der Waals surface area contributed by atoms with E-state index in [1.165, 1.54) is 80.9 Å². The average molecular weight is 367 g/mol. The van der Waals surface area contributed by atoms with Crippen LogP contribution in [0.2, 0.25) is 0 Å². The highest BCUT2D eigenvalue weighted by molar-refractivity contribution is 5.86. The molecule has 2 aromatic rings. The van der Waals surface area contributed by atoms with Crippen LogP contribution in [-0.4, -0.2) is 31.1 Å². The van der Waals surface area contributed by atoms with Crippen LogP contribution >= 0.6 is 0 Å². The Morgan fingerprint density at radius 2 is 1.74 bits per heavy atom. The van der Waals surface area contributed by atoms with E-state index < -0.39 is 0 Å². The van der Waals surface area contributed by atoms with Gasteiger partial charge < -0.3 is 10.6 Å². The lowest BCUT2D eigenvalue weighted by atomic mass is 9.66. The van der Waals surface area contributed by atoms with E-state index in [2.05, 4.69) is 61.2 Å². The summed E-state index contributed by atoms with van der Waals surface area (Å²) in [6.45, 7) is 9.32. The Morgan fingerprint density at radius 1 is 1.00 bits per heavy atom. The van der Waals surface area contributed by atoms with Gasteiger partial charge in [0.05, 0.1) is 0 Å². The molecular formula is C25H38N2. The fourth-order valence-electron chi connectivity index (χ4n) is 5.07. The van der Waals surface area contributed by atoms with Crippen molar-refractivity contribution in [2.24, 2.45) is 11.7 Å². The van der Waals surface area contributed by atoms with E-state index in [9.17, 15) is 0 Å². The molecule has 1 saturated heterocycles. The largest absolute Gasteiger partial charge is 0.330 e. The van der Waals surface area contributed by atoms with Crippen LogP contribution in [0.1, 0.15) is 64.4 Å². The second kappa shape index (κ2) is 9.71. The van der Waals surface area contributed by atoms with Crippen LogP contribution in [0.15, 0.2) is 42.5 Å². The van der Waals surface area contributed by atoms with E-state index in [0.717, 1.165) is 6.54 Å². The summed E-state index contributed by atoms with van der Waals surface area (Å²) in [5.74, 6) is 0.586. The van der Waals surface area contributed by atoms with Crippen molar-refractivity contribution in [3.63, 3.8) is 0 Å². The van der Waals surface area contributed by atoms with E-state index in [0.29, 0.717) is 5.92 Å². The van der Waals surface area contributed by atoms with Gasteiger partial charge in [0.1, 0.15) is 0 Å². The Bertz CT molecular complexity index is 699. The first-order valence-electron chi connectivity index (χ1n) is 11.1. The molecule has 2 aromatic carbocycles. The number of hydrogen-bond acceptors (Lipinski definition) is 2. The molecule has 2 unspecified atom stereocenters. The molecule has 0 bridgehead atoms. The Kier molecular flexibility index (Phi) is 7.32. The van der Waals surface area contributed by atoms with Crippen LogP contribution < -0.4 is 5.73 Å². The maximum absolute atomic E-state index is 6.52. The third-order valence-electron chi connectivity index (χ3n) is 7.04. The summed E-state index contributed by atoms with van der Waals surface area (Å²) in [6.07, 6.45) is 9.12. The minimum atomic E-state index is 0.0809. The fraction of sp³-hybridized carbons (Fsp3) is 0.600. The molecule has 27 heavy (non-hydrogen) atoms. The number of benzene rings is 2. The van der Waals surface area contributed by atoms with Crippen LogP contribution in [0.5, 0.6) is 0 Å². The minimum absolute atomic E-state index is 0.0809. The molecule has 0 amide bonds. The van der Waals surface area contributed by atoms with Crippen molar-refractivity contribution in [3.8, 4) is 0 Å². The third kappa shape index (κ3) is 4.55. The van der Waals surface area contributed by atoms with E-state index in [-0.39, 0.29) is 5.41 Å². The average Bonchev–Trinajstić information content (AvgIpc) is 2.74. The summed E-state index contributed by atoms with van der Waals surface area (Å²) >= 11 is 0.